The summed E-state index contributed by atoms with van der Waals surface area (Å²) in [5, 5.41) is 0. The standard InChI is InChI=1S/C43H73O8P/c1-4-7-9-11-13-15-17-19-20-21-22-23-24-26-28-30-32-34-36-38-43(45)51-41(40-50-52(46,47)49-6-3)39-48-42(44)37-35-33-31-29-27-25-18-16-14-12-10-8-5-2/h20-24,26,28,30,32,34,36,38,41H,4-19,25,27,29,31,33,35,37,39-40H2,1-3H3,(H,46,47)/t41-/m1/s1. The molecule has 0 rings (SSSR count). The van der Waals surface area contributed by atoms with E-state index in [-0.39, 0.29) is 19.6 Å². The first-order chi connectivity index (χ1) is 25.3. The third kappa shape index (κ3) is 37.3. The molecule has 2 atom stereocenters. The second-order valence-electron chi connectivity index (χ2n) is 13.2. The second kappa shape index (κ2) is 38.2. The summed E-state index contributed by atoms with van der Waals surface area (Å²) in [6.07, 6.45) is 47.4. The van der Waals surface area contributed by atoms with Gasteiger partial charge in [-0.3, -0.25) is 13.8 Å². The van der Waals surface area contributed by atoms with E-state index in [4.69, 9.17) is 18.5 Å². The fourth-order valence-corrected chi connectivity index (χ4v) is 6.04. The van der Waals surface area contributed by atoms with Crippen LogP contribution in [0, 0.1) is 0 Å². The predicted molar refractivity (Wildman–Crippen MR) is 216 cm³/mol. The Labute approximate surface area is 317 Å². The minimum atomic E-state index is -4.32. The molecule has 0 aliphatic rings. The lowest BCUT2D eigenvalue weighted by atomic mass is 10.0. The number of carbonyl (C=O) groups is 2. The lowest BCUT2D eigenvalue weighted by molar-refractivity contribution is -0.157. The van der Waals surface area contributed by atoms with Gasteiger partial charge in [-0.15, -0.1) is 0 Å². The van der Waals surface area contributed by atoms with Crippen LogP contribution in [0.4, 0.5) is 0 Å². The lowest BCUT2D eigenvalue weighted by Crippen LogP contribution is -2.29. The third-order valence-corrected chi connectivity index (χ3v) is 9.32. The van der Waals surface area contributed by atoms with Gasteiger partial charge in [0.25, 0.3) is 0 Å². The number of phosphoric ester groups is 1. The van der Waals surface area contributed by atoms with Gasteiger partial charge in [-0.2, -0.15) is 0 Å². The van der Waals surface area contributed by atoms with Crippen LogP contribution in [0.2, 0.25) is 0 Å². The van der Waals surface area contributed by atoms with Crippen LogP contribution < -0.4 is 0 Å². The molecule has 52 heavy (non-hydrogen) atoms. The predicted octanol–water partition coefficient (Wildman–Crippen LogP) is 12.6. The Morgan fingerprint density at radius 3 is 1.50 bits per heavy atom. The molecule has 1 unspecified atom stereocenters. The van der Waals surface area contributed by atoms with Gasteiger partial charge in [0.05, 0.1) is 13.2 Å². The molecule has 0 amide bonds. The van der Waals surface area contributed by atoms with Gasteiger partial charge < -0.3 is 14.4 Å². The van der Waals surface area contributed by atoms with Crippen molar-refractivity contribution in [2.24, 2.45) is 0 Å². The molecule has 0 aromatic rings. The van der Waals surface area contributed by atoms with Crippen molar-refractivity contribution in [2.45, 2.75) is 168 Å². The molecule has 8 nitrogen and oxygen atoms in total. The molecule has 0 saturated heterocycles. The highest BCUT2D eigenvalue weighted by molar-refractivity contribution is 7.47. The largest absolute Gasteiger partial charge is 0.472 e. The minimum Gasteiger partial charge on any atom is -0.462 e. The van der Waals surface area contributed by atoms with E-state index in [1.165, 1.54) is 121 Å². The van der Waals surface area contributed by atoms with Crippen LogP contribution in [0.1, 0.15) is 162 Å². The number of ether oxygens (including phenoxy) is 2. The first kappa shape index (κ1) is 49.5. The molecule has 0 aromatic heterocycles. The molecule has 0 heterocycles. The Morgan fingerprint density at radius 2 is 1.00 bits per heavy atom. The monoisotopic (exact) mass is 749 g/mol. The first-order valence-corrected chi connectivity index (χ1v) is 21.8. The number of phosphoric acid groups is 1. The van der Waals surface area contributed by atoms with Gasteiger partial charge in [-0.05, 0) is 26.2 Å². The molecular formula is C43H73O8P. The highest BCUT2D eigenvalue weighted by Crippen LogP contribution is 2.43. The van der Waals surface area contributed by atoms with Gasteiger partial charge in [-0.25, -0.2) is 9.36 Å². The van der Waals surface area contributed by atoms with Crippen molar-refractivity contribution in [1.82, 2.24) is 0 Å². The van der Waals surface area contributed by atoms with Gasteiger partial charge in [0, 0.05) is 12.5 Å². The average molecular weight is 749 g/mol. The van der Waals surface area contributed by atoms with Crippen molar-refractivity contribution in [2.75, 3.05) is 19.8 Å². The molecule has 0 saturated carbocycles. The Kier molecular flexibility index (Phi) is 36.4. The number of esters is 2. The van der Waals surface area contributed by atoms with Crippen LogP contribution in [0.15, 0.2) is 72.9 Å². The Balaban J connectivity index is 4.40. The number of rotatable bonds is 36. The van der Waals surface area contributed by atoms with E-state index in [0.717, 1.165) is 25.7 Å². The van der Waals surface area contributed by atoms with Crippen molar-refractivity contribution in [3.63, 3.8) is 0 Å². The zero-order valence-electron chi connectivity index (χ0n) is 32.9. The highest BCUT2D eigenvalue weighted by atomic mass is 31.2. The fraction of sp³-hybridized carbons (Fsp3) is 0.674. The second-order valence-corrected chi connectivity index (χ2v) is 14.6. The number of hydrogen-bond donors (Lipinski definition) is 1. The van der Waals surface area contributed by atoms with Crippen molar-refractivity contribution in [3.05, 3.63) is 72.9 Å². The lowest BCUT2D eigenvalue weighted by Gasteiger charge is -2.19. The topological polar surface area (TPSA) is 108 Å². The molecule has 0 fully saturated rings. The van der Waals surface area contributed by atoms with E-state index in [1.807, 2.05) is 36.5 Å². The van der Waals surface area contributed by atoms with Crippen LogP contribution in [0.25, 0.3) is 0 Å². The SMILES string of the molecule is CCCCCCCCCC=CC=CC=CC=CC=CC=CC(=O)O[C@H](COC(=O)CCCCCCCCCCCCCCC)COP(=O)(O)OCC. The molecule has 9 heteroatoms. The summed E-state index contributed by atoms with van der Waals surface area (Å²) in [6.45, 7) is 5.26. The van der Waals surface area contributed by atoms with Gasteiger partial charge in [0.15, 0.2) is 6.10 Å². The summed E-state index contributed by atoms with van der Waals surface area (Å²) < 4.78 is 32.3. The van der Waals surface area contributed by atoms with E-state index >= 15 is 0 Å². The molecule has 0 aliphatic carbocycles. The molecule has 1 N–H and O–H groups in total. The number of hydrogen-bond acceptors (Lipinski definition) is 7. The molecule has 0 aliphatic heterocycles. The van der Waals surface area contributed by atoms with Crippen molar-refractivity contribution in [1.29, 1.82) is 0 Å². The van der Waals surface area contributed by atoms with Crippen LogP contribution in [0.5, 0.6) is 0 Å². The van der Waals surface area contributed by atoms with Crippen LogP contribution in [-0.2, 0) is 32.7 Å². The number of allylic oxidation sites excluding steroid dienone is 11. The van der Waals surface area contributed by atoms with E-state index in [9.17, 15) is 19.0 Å². The molecular weight excluding hydrogens is 675 g/mol. The summed E-state index contributed by atoms with van der Waals surface area (Å²) in [5.41, 5.74) is 0. The first-order valence-electron chi connectivity index (χ1n) is 20.3. The number of unbranched alkanes of at least 4 members (excludes halogenated alkanes) is 19. The van der Waals surface area contributed by atoms with Crippen LogP contribution in [0.3, 0.4) is 0 Å². The quantitative estimate of drug-likeness (QED) is 0.0222. The summed E-state index contributed by atoms with van der Waals surface area (Å²) in [7, 11) is -4.32. The summed E-state index contributed by atoms with van der Waals surface area (Å²) >= 11 is 0. The van der Waals surface area contributed by atoms with E-state index in [2.05, 4.69) is 26.0 Å². The van der Waals surface area contributed by atoms with E-state index in [0.29, 0.717) is 0 Å². The zero-order valence-corrected chi connectivity index (χ0v) is 33.8. The van der Waals surface area contributed by atoms with Crippen molar-refractivity contribution >= 4 is 19.8 Å². The zero-order chi connectivity index (χ0) is 38.2. The highest BCUT2D eigenvalue weighted by Gasteiger charge is 2.25. The van der Waals surface area contributed by atoms with Gasteiger partial charge in [0.2, 0.25) is 0 Å². The fourth-order valence-electron chi connectivity index (χ4n) is 5.28. The third-order valence-electron chi connectivity index (χ3n) is 8.26. The van der Waals surface area contributed by atoms with Crippen LogP contribution in [-0.4, -0.2) is 42.8 Å². The minimum absolute atomic E-state index is 0.0287. The van der Waals surface area contributed by atoms with Gasteiger partial charge >= 0.3 is 19.8 Å². The van der Waals surface area contributed by atoms with Crippen molar-refractivity contribution in [3.8, 4) is 0 Å². The average Bonchev–Trinajstić information content (AvgIpc) is 3.12. The van der Waals surface area contributed by atoms with Crippen LogP contribution >= 0.6 is 7.82 Å². The Hall–Kier alpha value is -2.51. The number of carbonyl (C=O) groups excluding carboxylic acids is 2. The van der Waals surface area contributed by atoms with Crippen molar-refractivity contribution < 1.29 is 37.6 Å². The molecule has 0 spiro atoms. The van der Waals surface area contributed by atoms with Gasteiger partial charge in [-0.1, -0.05) is 196 Å². The Bertz CT molecular complexity index is 1080. The smallest absolute Gasteiger partial charge is 0.462 e. The van der Waals surface area contributed by atoms with E-state index < -0.39 is 32.5 Å². The molecule has 0 aromatic carbocycles. The van der Waals surface area contributed by atoms with Gasteiger partial charge in [0.1, 0.15) is 6.61 Å². The molecule has 0 radical (unpaired) electrons. The summed E-state index contributed by atoms with van der Waals surface area (Å²) in [6, 6.07) is 0. The molecule has 0 bridgehead atoms. The summed E-state index contributed by atoms with van der Waals surface area (Å²) in [4.78, 5) is 34.5. The maximum Gasteiger partial charge on any atom is 0.472 e. The summed E-state index contributed by atoms with van der Waals surface area (Å²) in [5.74, 6) is -1.12. The Morgan fingerprint density at radius 1 is 0.558 bits per heavy atom. The molecule has 298 valence electrons. The normalized spacial score (nSPS) is 14.2. The van der Waals surface area contributed by atoms with E-state index in [1.54, 1.807) is 19.1 Å². The maximum absolute atomic E-state index is 12.4. The maximum atomic E-state index is 12.4.